The quantitative estimate of drug-likeness (QED) is 0.525. The zero-order valence-electron chi connectivity index (χ0n) is 20.6. The largest absolute Gasteiger partial charge is 0.385 e. The number of hydrogen-bond acceptors (Lipinski definition) is 4. The van der Waals surface area contributed by atoms with E-state index in [4.69, 9.17) is 0 Å². The molecule has 6 rings (SSSR count). The Labute approximate surface area is 211 Å². The Morgan fingerprint density at radius 2 is 1.92 bits per heavy atom. The molecule has 1 fully saturated rings. The van der Waals surface area contributed by atoms with Gasteiger partial charge in [0.15, 0.2) is 0 Å². The van der Waals surface area contributed by atoms with E-state index in [1.807, 2.05) is 29.4 Å². The van der Waals surface area contributed by atoms with Gasteiger partial charge in [0.1, 0.15) is 5.82 Å². The number of nitrogens with one attached hydrogen (secondary N) is 2. The lowest BCUT2D eigenvalue weighted by molar-refractivity contribution is -0.120. The molecule has 3 aliphatic carbocycles. The van der Waals surface area contributed by atoms with Crippen LogP contribution in [0.25, 0.3) is 0 Å². The predicted octanol–water partition coefficient (Wildman–Crippen LogP) is 4.84. The lowest BCUT2D eigenvalue weighted by Gasteiger charge is -2.34. The molecule has 1 amide bonds. The summed E-state index contributed by atoms with van der Waals surface area (Å²) in [6, 6.07) is 14.9. The third kappa shape index (κ3) is 4.24. The van der Waals surface area contributed by atoms with Crippen molar-refractivity contribution in [3.8, 4) is 0 Å². The number of hydrazine groups is 1. The number of carbonyl (C=O) groups excluding carboxylic acids is 1. The summed E-state index contributed by atoms with van der Waals surface area (Å²) in [4.78, 5) is 12.4. The molecular weight excluding hydrogens is 453 g/mol. The van der Waals surface area contributed by atoms with Crippen molar-refractivity contribution in [1.29, 1.82) is 0 Å². The number of anilines is 1. The van der Waals surface area contributed by atoms with Crippen molar-refractivity contribution in [2.75, 3.05) is 5.01 Å². The molecule has 36 heavy (non-hydrogen) atoms. The van der Waals surface area contributed by atoms with Crippen molar-refractivity contribution in [2.24, 2.45) is 5.92 Å². The van der Waals surface area contributed by atoms with E-state index in [1.165, 1.54) is 17.7 Å². The fourth-order valence-electron chi connectivity index (χ4n) is 6.02. The Hall–Kier alpha value is -3.38. The molecular formula is C30H32FN3O2. The van der Waals surface area contributed by atoms with E-state index in [-0.39, 0.29) is 17.6 Å². The Kier molecular flexibility index (Phi) is 5.72. The average Bonchev–Trinajstić information content (AvgIpc) is 3.47. The van der Waals surface area contributed by atoms with Crippen molar-refractivity contribution >= 4 is 11.6 Å². The molecule has 0 radical (unpaired) electrons. The van der Waals surface area contributed by atoms with Crippen molar-refractivity contribution < 1.29 is 14.3 Å². The van der Waals surface area contributed by atoms with Gasteiger partial charge in [-0.2, -0.15) is 0 Å². The monoisotopic (exact) mass is 485 g/mol. The number of fused-ring (bicyclic) bond motifs is 1. The molecule has 0 unspecified atom stereocenters. The molecule has 6 heteroatoms. The van der Waals surface area contributed by atoms with Gasteiger partial charge >= 0.3 is 0 Å². The molecule has 2 atom stereocenters. The second-order valence-corrected chi connectivity index (χ2v) is 10.5. The van der Waals surface area contributed by atoms with Crippen LogP contribution in [0, 0.1) is 11.7 Å². The topological polar surface area (TPSA) is 64.6 Å². The van der Waals surface area contributed by atoms with Crippen LogP contribution in [0.5, 0.6) is 0 Å². The average molecular weight is 486 g/mol. The maximum absolute atomic E-state index is 13.4. The second-order valence-electron chi connectivity index (χ2n) is 10.5. The van der Waals surface area contributed by atoms with Gasteiger partial charge in [0, 0.05) is 23.7 Å². The second kappa shape index (κ2) is 8.93. The summed E-state index contributed by atoms with van der Waals surface area (Å²) in [5, 5.41) is 16.9. The highest BCUT2D eigenvalue weighted by Gasteiger charge is 2.45. The first-order chi connectivity index (χ1) is 17.4. The number of rotatable bonds is 7. The summed E-state index contributed by atoms with van der Waals surface area (Å²) in [5.41, 5.74) is 10.0. The number of nitrogens with zero attached hydrogens (tertiary/aromatic N) is 1. The molecule has 0 spiro atoms. The zero-order valence-corrected chi connectivity index (χ0v) is 20.6. The van der Waals surface area contributed by atoms with Gasteiger partial charge in [-0.05, 0) is 91.1 Å². The summed E-state index contributed by atoms with van der Waals surface area (Å²) in [5.74, 6) is -0.0995. The highest BCUT2D eigenvalue weighted by atomic mass is 19.1. The number of amides is 1. The minimum Gasteiger partial charge on any atom is -0.385 e. The maximum atomic E-state index is 13.4. The molecule has 186 valence electrons. The molecule has 4 aliphatic rings. The Morgan fingerprint density at radius 3 is 2.67 bits per heavy atom. The highest BCUT2D eigenvalue weighted by Crippen LogP contribution is 2.50. The van der Waals surface area contributed by atoms with E-state index in [2.05, 4.69) is 29.8 Å². The Bertz CT molecular complexity index is 1290. The van der Waals surface area contributed by atoms with Crippen LogP contribution in [0.2, 0.25) is 0 Å². The van der Waals surface area contributed by atoms with Crippen LogP contribution in [0.15, 0.2) is 83.2 Å². The molecule has 1 heterocycles. The van der Waals surface area contributed by atoms with Gasteiger partial charge in [-0.3, -0.25) is 9.80 Å². The third-order valence-corrected chi connectivity index (χ3v) is 8.06. The van der Waals surface area contributed by atoms with Gasteiger partial charge in [-0.25, -0.2) is 4.39 Å². The number of hydrogen-bond donors (Lipinski definition) is 3. The fraction of sp³-hybridized carbons (Fsp3) is 0.367. The van der Waals surface area contributed by atoms with Crippen molar-refractivity contribution in [3.63, 3.8) is 0 Å². The van der Waals surface area contributed by atoms with Crippen LogP contribution >= 0.6 is 0 Å². The Balaban J connectivity index is 1.21. The SMILES string of the molecule is C[C@H]1C2=CNN(c3ccc(F)cc3)C2=CC2=C1[C@](O)(CCc1ccccc1CC(=O)NC1CC1)CC2. The van der Waals surface area contributed by atoms with Crippen LogP contribution in [0.4, 0.5) is 10.1 Å². The van der Waals surface area contributed by atoms with Gasteiger partial charge in [-0.15, -0.1) is 0 Å². The maximum Gasteiger partial charge on any atom is 0.224 e. The van der Waals surface area contributed by atoms with Crippen LogP contribution in [-0.2, 0) is 17.6 Å². The smallest absolute Gasteiger partial charge is 0.224 e. The summed E-state index contributed by atoms with van der Waals surface area (Å²) in [6.45, 7) is 2.16. The van der Waals surface area contributed by atoms with Crippen molar-refractivity contribution in [1.82, 2.24) is 10.7 Å². The number of allylic oxidation sites excluding steroid dienone is 3. The summed E-state index contributed by atoms with van der Waals surface area (Å²) in [6.07, 6.45) is 9.61. The highest BCUT2D eigenvalue weighted by molar-refractivity contribution is 5.79. The molecule has 1 saturated carbocycles. The molecule has 3 N–H and O–H groups in total. The van der Waals surface area contributed by atoms with Gasteiger partial charge in [0.05, 0.1) is 23.4 Å². The summed E-state index contributed by atoms with van der Waals surface area (Å²) in [7, 11) is 0. The fourth-order valence-corrected chi connectivity index (χ4v) is 6.02. The van der Waals surface area contributed by atoms with E-state index >= 15 is 0 Å². The molecule has 1 aliphatic heterocycles. The first-order valence-electron chi connectivity index (χ1n) is 13.0. The third-order valence-electron chi connectivity index (χ3n) is 8.06. The minimum absolute atomic E-state index is 0.0741. The lowest BCUT2D eigenvalue weighted by Crippen LogP contribution is -2.34. The van der Waals surface area contributed by atoms with Gasteiger partial charge in [-0.1, -0.05) is 31.2 Å². The predicted molar refractivity (Wildman–Crippen MR) is 138 cm³/mol. The first-order valence-corrected chi connectivity index (χ1v) is 13.0. The molecule has 2 aromatic rings. The Morgan fingerprint density at radius 1 is 1.17 bits per heavy atom. The van der Waals surface area contributed by atoms with E-state index in [0.717, 1.165) is 59.3 Å². The van der Waals surface area contributed by atoms with Crippen LogP contribution in [0.1, 0.15) is 50.2 Å². The molecule has 0 aromatic heterocycles. The number of carbonyl (C=O) groups is 1. The molecule has 2 aromatic carbocycles. The van der Waals surface area contributed by atoms with Gasteiger partial charge in [0.25, 0.3) is 0 Å². The number of aryl methyl sites for hydroxylation is 1. The van der Waals surface area contributed by atoms with Crippen LogP contribution < -0.4 is 15.8 Å². The van der Waals surface area contributed by atoms with Gasteiger partial charge < -0.3 is 15.8 Å². The normalized spacial score (nSPS) is 24.6. The van der Waals surface area contributed by atoms with Gasteiger partial charge in [0.2, 0.25) is 5.91 Å². The zero-order chi connectivity index (χ0) is 24.9. The lowest BCUT2D eigenvalue weighted by atomic mass is 9.76. The van der Waals surface area contributed by atoms with E-state index in [0.29, 0.717) is 25.3 Å². The standard InChI is InChI=1S/C30H32FN3O2/c1-19-26-18-32-34(25-10-6-23(31)7-11-25)27(26)16-22-13-15-30(36,29(19)22)14-12-20-4-2-3-5-21(20)17-28(35)33-24-8-9-24/h2-7,10-11,16,18-19,24,32,36H,8-9,12-15,17H2,1H3,(H,33,35)/t19-,30-/m0/s1. The number of halogens is 1. The van der Waals surface area contributed by atoms with E-state index in [1.54, 1.807) is 12.1 Å². The van der Waals surface area contributed by atoms with E-state index in [9.17, 15) is 14.3 Å². The van der Waals surface area contributed by atoms with Crippen molar-refractivity contribution in [3.05, 3.63) is 100 Å². The molecule has 0 bridgehead atoms. The van der Waals surface area contributed by atoms with Crippen LogP contribution in [-0.4, -0.2) is 22.7 Å². The number of benzene rings is 2. The number of aliphatic hydroxyl groups is 1. The minimum atomic E-state index is -0.871. The molecule has 5 nitrogen and oxygen atoms in total. The summed E-state index contributed by atoms with van der Waals surface area (Å²) < 4.78 is 13.4. The van der Waals surface area contributed by atoms with Crippen molar-refractivity contribution in [2.45, 2.75) is 63.5 Å². The summed E-state index contributed by atoms with van der Waals surface area (Å²) >= 11 is 0. The first kappa shape index (κ1) is 23.0. The molecule has 0 saturated heterocycles. The van der Waals surface area contributed by atoms with E-state index < -0.39 is 5.60 Å². The van der Waals surface area contributed by atoms with Crippen LogP contribution in [0.3, 0.4) is 0 Å².